The Morgan fingerprint density at radius 2 is 1.62 bits per heavy atom. The molecule has 7 heteroatoms. The Morgan fingerprint density at radius 3 is 2.31 bits per heavy atom. The molecular formula is C25H44N2O4S. The maximum atomic E-state index is 11.9. The van der Waals surface area contributed by atoms with E-state index in [0.717, 1.165) is 19.3 Å². The van der Waals surface area contributed by atoms with E-state index < -0.39 is 30.6 Å². The fraction of sp³-hybridized carbons (Fsp3) is 0.680. The van der Waals surface area contributed by atoms with E-state index in [0.29, 0.717) is 12.2 Å². The normalized spacial score (nSPS) is 14.9. The third-order valence-corrected chi connectivity index (χ3v) is 6.35. The highest BCUT2D eigenvalue weighted by Gasteiger charge is 2.20. The van der Waals surface area contributed by atoms with Gasteiger partial charge < -0.3 is 21.3 Å². The fourth-order valence-corrected chi connectivity index (χ4v) is 4.12. The second kappa shape index (κ2) is 21.3. The number of thioether (sulfide) groups is 1. The molecule has 0 bridgehead atoms. The molecule has 0 aliphatic rings. The van der Waals surface area contributed by atoms with Crippen LogP contribution in [0.4, 0.5) is 0 Å². The number of amides is 1. The number of carboxylic acid groups (broad SMARTS) is 1. The summed E-state index contributed by atoms with van der Waals surface area (Å²) in [6, 6.07) is -0.825. The first-order valence-corrected chi connectivity index (χ1v) is 13.0. The zero-order chi connectivity index (χ0) is 24.0. The van der Waals surface area contributed by atoms with Crippen molar-refractivity contribution in [1.29, 1.82) is 0 Å². The van der Waals surface area contributed by atoms with Gasteiger partial charge in [-0.1, -0.05) is 95.2 Å². The molecule has 184 valence electrons. The zero-order valence-corrected chi connectivity index (χ0v) is 20.7. The summed E-state index contributed by atoms with van der Waals surface area (Å²) < 4.78 is 0. The van der Waals surface area contributed by atoms with E-state index in [9.17, 15) is 14.7 Å². The second-order valence-corrected chi connectivity index (χ2v) is 9.19. The number of carbonyl (C=O) groups excluding carboxylic acids is 1. The van der Waals surface area contributed by atoms with Crippen molar-refractivity contribution in [2.75, 3.05) is 12.3 Å². The average Bonchev–Trinajstić information content (AvgIpc) is 2.78. The summed E-state index contributed by atoms with van der Waals surface area (Å²) in [5.41, 5.74) is 5.87. The number of hydrogen-bond acceptors (Lipinski definition) is 5. The van der Waals surface area contributed by atoms with E-state index in [1.807, 2.05) is 24.3 Å². The predicted molar refractivity (Wildman–Crippen MR) is 136 cm³/mol. The molecule has 0 aromatic rings. The first-order chi connectivity index (χ1) is 15.4. The molecule has 0 heterocycles. The summed E-state index contributed by atoms with van der Waals surface area (Å²) in [5.74, 6) is -1.31. The SMILES string of the molecule is CCCCCCCCC=CC=CC=C[C@@H](SCC(N)C(=O)NCC(=O)O)[C@@H](O)CCCC. The molecule has 5 N–H and O–H groups in total. The molecule has 0 fully saturated rings. The van der Waals surface area contributed by atoms with Gasteiger partial charge in [0.1, 0.15) is 6.54 Å². The molecule has 0 aromatic heterocycles. The maximum absolute atomic E-state index is 11.9. The van der Waals surface area contributed by atoms with Crippen LogP contribution in [0.25, 0.3) is 0 Å². The number of nitrogens with one attached hydrogen (secondary N) is 1. The average molecular weight is 469 g/mol. The zero-order valence-electron chi connectivity index (χ0n) is 19.9. The first-order valence-electron chi connectivity index (χ1n) is 12.0. The van der Waals surface area contributed by atoms with Gasteiger partial charge in [-0.15, -0.1) is 11.8 Å². The highest BCUT2D eigenvalue weighted by molar-refractivity contribution is 8.00. The molecule has 32 heavy (non-hydrogen) atoms. The minimum atomic E-state index is -1.11. The molecule has 0 saturated carbocycles. The van der Waals surface area contributed by atoms with Gasteiger partial charge in [0.25, 0.3) is 0 Å². The van der Waals surface area contributed by atoms with Crippen LogP contribution in [-0.2, 0) is 9.59 Å². The standard InChI is InChI=1S/C25H44N2O4S/c1-3-5-7-8-9-10-11-12-13-14-15-16-18-23(22(28)17-6-4-2)32-20-21(26)25(31)27-19-24(29)30/h12-16,18,21-23,28H,3-11,17,19-20,26H2,1-2H3,(H,27,31)(H,29,30)/t21?,22-,23+/m0/s1. The second-order valence-electron chi connectivity index (χ2n) is 7.98. The lowest BCUT2D eigenvalue weighted by atomic mass is 10.1. The molecule has 0 aliphatic carbocycles. The molecule has 1 amide bonds. The summed E-state index contributed by atoms with van der Waals surface area (Å²) in [5, 5.41) is 21.3. The van der Waals surface area contributed by atoms with Crippen LogP contribution in [0.2, 0.25) is 0 Å². The van der Waals surface area contributed by atoms with Gasteiger partial charge in [-0.25, -0.2) is 0 Å². The van der Waals surface area contributed by atoms with Gasteiger partial charge in [-0.3, -0.25) is 9.59 Å². The molecular weight excluding hydrogens is 424 g/mol. The lowest BCUT2D eigenvalue weighted by Gasteiger charge is -2.21. The van der Waals surface area contributed by atoms with Crippen molar-refractivity contribution >= 4 is 23.6 Å². The molecule has 0 aromatic carbocycles. The number of rotatable bonds is 20. The summed E-state index contributed by atoms with van der Waals surface area (Å²) in [6.45, 7) is 3.86. The Morgan fingerprint density at radius 1 is 0.969 bits per heavy atom. The van der Waals surface area contributed by atoms with E-state index in [1.165, 1.54) is 50.3 Å². The first kappa shape index (κ1) is 30.4. The van der Waals surface area contributed by atoms with Crippen molar-refractivity contribution in [2.45, 2.75) is 95.5 Å². The Balaban J connectivity index is 4.47. The number of hydrogen-bond donors (Lipinski definition) is 4. The number of carbonyl (C=O) groups is 2. The number of carboxylic acids is 1. The largest absolute Gasteiger partial charge is 0.480 e. The monoisotopic (exact) mass is 468 g/mol. The van der Waals surface area contributed by atoms with Crippen molar-refractivity contribution in [2.24, 2.45) is 5.73 Å². The van der Waals surface area contributed by atoms with E-state index in [-0.39, 0.29) is 5.25 Å². The third kappa shape index (κ3) is 18.0. The van der Waals surface area contributed by atoms with E-state index in [2.05, 4.69) is 31.3 Å². The summed E-state index contributed by atoms with van der Waals surface area (Å²) in [7, 11) is 0. The van der Waals surface area contributed by atoms with Gasteiger partial charge in [-0.05, 0) is 19.3 Å². The van der Waals surface area contributed by atoms with Gasteiger partial charge in [0.05, 0.1) is 12.1 Å². The number of aliphatic hydroxyl groups is 1. The molecule has 0 aliphatic heterocycles. The van der Waals surface area contributed by atoms with Gasteiger partial charge in [0, 0.05) is 11.0 Å². The molecule has 3 atom stereocenters. The minimum absolute atomic E-state index is 0.184. The molecule has 6 nitrogen and oxygen atoms in total. The van der Waals surface area contributed by atoms with Crippen LogP contribution in [0, 0.1) is 0 Å². The number of unbranched alkanes of at least 4 members (excludes halogenated alkanes) is 7. The number of aliphatic hydroxyl groups excluding tert-OH is 1. The Hall–Kier alpha value is -1.57. The van der Waals surface area contributed by atoms with Gasteiger partial charge in [0.15, 0.2) is 0 Å². The number of nitrogens with two attached hydrogens (primary N) is 1. The fourth-order valence-electron chi connectivity index (χ4n) is 2.98. The highest BCUT2D eigenvalue weighted by atomic mass is 32.2. The van der Waals surface area contributed by atoms with Crippen molar-refractivity contribution in [3.63, 3.8) is 0 Å². The van der Waals surface area contributed by atoms with E-state index in [1.54, 1.807) is 0 Å². The van der Waals surface area contributed by atoms with Gasteiger partial charge in [0.2, 0.25) is 5.91 Å². The van der Waals surface area contributed by atoms with E-state index in [4.69, 9.17) is 10.8 Å². The van der Waals surface area contributed by atoms with Crippen LogP contribution >= 0.6 is 11.8 Å². The van der Waals surface area contributed by atoms with Crippen LogP contribution in [0.1, 0.15) is 78.1 Å². The minimum Gasteiger partial charge on any atom is -0.480 e. The van der Waals surface area contributed by atoms with Gasteiger partial charge in [-0.2, -0.15) is 0 Å². The molecule has 0 rings (SSSR count). The summed E-state index contributed by atoms with van der Waals surface area (Å²) >= 11 is 1.41. The van der Waals surface area contributed by atoms with Crippen molar-refractivity contribution in [3.05, 3.63) is 36.5 Å². The van der Waals surface area contributed by atoms with Crippen LogP contribution in [-0.4, -0.2) is 51.8 Å². The Labute approximate surface area is 198 Å². The Bertz CT molecular complexity index is 578. The van der Waals surface area contributed by atoms with Crippen LogP contribution in [0.3, 0.4) is 0 Å². The lowest BCUT2D eigenvalue weighted by Crippen LogP contribution is -2.44. The lowest BCUT2D eigenvalue weighted by molar-refractivity contribution is -0.138. The topological polar surface area (TPSA) is 113 Å². The predicted octanol–water partition coefficient (Wildman–Crippen LogP) is 4.59. The van der Waals surface area contributed by atoms with Gasteiger partial charge >= 0.3 is 5.97 Å². The summed E-state index contributed by atoms with van der Waals surface area (Å²) in [4.78, 5) is 22.4. The quantitative estimate of drug-likeness (QED) is 0.154. The van der Waals surface area contributed by atoms with Crippen molar-refractivity contribution in [3.8, 4) is 0 Å². The van der Waals surface area contributed by atoms with Crippen molar-refractivity contribution < 1.29 is 19.8 Å². The third-order valence-electron chi connectivity index (χ3n) is 4.95. The Kier molecular flexibility index (Phi) is 20.2. The van der Waals surface area contributed by atoms with Crippen LogP contribution in [0.15, 0.2) is 36.5 Å². The highest BCUT2D eigenvalue weighted by Crippen LogP contribution is 2.21. The van der Waals surface area contributed by atoms with Crippen LogP contribution in [0.5, 0.6) is 0 Å². The molecule has 0 saturated heterocycles. The molecule has 1 unspecified atom stereocenters. The smallest absolute Gasteiger partial charge is 0.322 e. The molecule has 0 spiro atoms. The number of allylic oxidation sites excluding steroid dienone is 5. The van der Waals surface area contributed by atoms with E-state index >= 15 is 0 Å². The van der Waals surface area contributed by atoms with Crippen molar-refractivity contribution in [1.82, 2.24) is 5.32 Å². The van der Waals surface area contributed by atoms with Crippen LogP contribution < -0.4 is 11.1 Å². The summed E-state index contributed by atoms with van der Waals surface area (Å²) in [6.07, 6.45) is 23.0. The molecule has 0 radical (unpaired) electrons. The number of aliphatic carboxylic acids is 1. The maximum Gasteiger partial charge on any atom is 0.322 e.